The van der Waals surface area contributed by atoms with E-state index in [1.807, 2.05) is 12.1 Å². The standard InChI is InChI=1S/C29H33ClN2O7/c1-4-38-28(35)23-17(3)31-22(25(29(36)39-5-2)24(23)20-12-8-9-13-21(20)30)16-37-15-14-32-26(33)18-10-6-7-11-19(18)27(32)34/h6-13,24,26-27,31,33-34H,4-5,14-16H2,1-3H3. The molecule has 0 fully saturated rings. The first-order valence-corrected chi connectivity index (χ1v) is 13.3. The number of allylic oxidation sites excluding steroid dienone is 1. The first-order valence-electron chi connectivity index (χ1n) is 12.9. The predicted molar refractivity (Wildman–Crippen MR) is 144 cm³/mol. The summed E-state index contributed by atoms with van der Waals surface area (Å²) in [6.45, 7) is 5.80. The number of carbonyl (C=O) groups is 2. The van der Waals surface area contributed by atoms with E-state index in [-0.39, 0.29) is 44.1 Å². The van der Waals surface area contributed by atoms with Gasteiger partial charge in [0.15, 0.2) is 0 Å². The lowest BCUT2D eigenvalue weighted by Gasteiger charge is -2.32. The molecule has 0 aliphatic carbocycles. The van der Waals surface area contributed by atoms with E-state index < -0.39 is 30.3 Å². The van der Waals surface area contributed by atoms with Crippen LogP contribution in [-0.2, 0) is 23.8 Å². The van der Waals surface area contributed by atoms with Gasteiger partial charge in [-0.2, -0.15) is 0 Å². The lowest BCUT2D eigenvalue weighted by Crippen LogP contribution is -2.35. The van der Waals surface area contributed by atoms with Gasteiger partial charge in [-0.3, -0.25) is 0 Å². The van der Waals surface area contributed by atoms with Crippen molar-refractivity contribution in [2.45, 2.75) is 39.1 Å². The molecule has 10 heteroatoms. The van der Waals surface area contributed by atoms with Crippen LogP contribution in [0.5, 0.6) is 0 Å². The summed E-state index contributed by atoms with van der Waals surface area (Å²) in [5, 5.41) is 24.8. The zero-order chi connectivity index (χ0) is 28.1. The highest BCUT2D eigenvalue weighted by molar-refractivity contribution is 6.31. The number of aliphatic hydroxyl groups is 2. The van der Waals surface area contributed by atoms with Gasteiger partial charge in [-0.1, -0.05) is 54.1 Å². The summed E-state index contributed by atoms with van der Waals surface area (Å²) in [5.41, 5.74) is 3.26. The Bertz CT molecular complexity index is 1260. The molecule has 2 heterocycles. The van der Waals surface area contributed by atoms with Gasteiger partial charge in [0.2, 0.25) is 0 Å². The molecule has 0 spiro atoms. The Labute approximate surface area is 232 Å². The molecule has 2 aliphatic heterocycles. The Morgan fingerprint density at radius 1 is 0.897 bits per heavy atom. The number of nitrogens with one attached hydrogen (secondary N) is 1. The molecule has 0 saturated heterocycles. The number of nitrogens with zero attached hydrogens (tertiary/aromatic N) is 1. The molecule has 2 aromatic rings. The number of carbonyl (C=O) groups excluding carboxylic acids is 2. The second-order valence-corrected chi connectivity index (χ2v) is 9.53. The van der Waals surface area contributed by atoms with Crippen LogP contribution in [0.4, 0.5) is 0 Å². The van der Waals surface area contributed by atoms with Gasteiger partial charge in [-0.15, -0.1) is 0 Å². The van der Waals surface area contributed by atoms with Crippen LogP contribution in [0, 0.1) is 0 Å². The number of fused-ring (bicyclic) bond motifs is 1. The molecule has 9 nitrogen and oxygen atoms in total. The number of esters is 2. The predicted octanol–water partition coefficient (Wildman–Crippen LogP) is 3.70. The minimum absolute atomic E-state index is 0.0183. The molecule has 0 amide bonds. The number of hydrogen-bond donors (Lipinski definition) is 3. The van der Waals surface area contributed by atoms with Crippen molar-refractivity contribution in [3.05, 3.63) is 92.8 Å². The van der Waals surface area contributed by atoms with Gasteiger partial charge in [0, 0.05) is 28.4 Å². The fraction of sp³-hybridized carbons (Fsp3) is 0.379. The van der Waals surface area contributed by atoms with Gasteiger partial charge in [0.25, 0.3) is 0 Å². The SMILES string of the molecule is CCOC(=O)C1=C(C)NC(COCCN2C(O)c3ccccc3C2O)=C(C(=O)OCC)C1c1ccccc1Cl. The van der Waals surface area contributed by atoms with Crippen LogP contribution < -0.4 is 5.32 Å². The molecule has 0 aromatic heterocycles. The summed E-state index contributed by atoms with van der Waals surface area (Å²) in [4.78, 5) is 27.9. The Kier molecular flexibility index (Phi) is 9.42. The zero-order valence-corrected chi connectivity index (χ0v) is 22.9. The van der Waals surface area contributed by atoms with Crippen LogP contribution in [0.2, 0.25) is 5.02 Å². The van der Waals surface area contributed by atoms with Crippen LogP contribution in [0.15, 0.2) is 71.1 Å². The molecule has 3 N–H and O–H groups in total. The van der Waals surface area contributed by atoms with Crippen LogP contribution in [0.1, 0.15) is 55.8 Å². The molecule has 2 aliphatic rings. The molecular weight excluding hydrogens is 524 g/mol. The highest BCUT2D eigenvalue weighted by Crippen LogP contribution is 2.42. The van der Waals surface area contributed by atoms with Crippen molar-refractivity contribution in [1.82, 2.24) is 10.2 Å². The highest BCUT2D eigenvalue weighted by atomic mass is 35.5. The molecule has 0 saturated carbocycles. The van der Waals surface area contributed by atoms with Crippen molar-refractivity contribution in [2.75, 3.05) is 33.0 Å². The van der Waals surface area contributed by atoms with E-state index in [1.54, 1.807) is 57.2 Å². The Balaban J connectivity index is 1.60. The molecule has 39 heavy (non-hydrogen) atoms. The van der Waals surface area contributed by atoms with Crippen molar-refractivity contribution >= 4 is 23.5 Å². The maximum Gasteiger partial charge on any atom is 0.336 e. The summed E-state index contributed by atoms with van der Waals surface area (Å²) >= 11 is 6.56. The molecule has 3 unspecified atom stereocenters. The van der Waals surface area contributed by atoms with Crippen molar-refractivity contribution in [2.24, 2.45) is 0 Å². The van der Waals surface area contributed by atoms with Crippen LogP contribution in [0.25, 0.3) is 0 Å². The number of benzene rings is 2. The van der Waals surface area contributed by atoms with Gasteiger partial charge in [0.1, 0.15) is 12.5 Å². The Hall–Kier alpha value is -3.21. The minimum atomic E-state index is -0.955. The van der Waals surface area contributed by atoms with E-state index in [1.165, 1.54) is 4.90 Å². The van der Waals surface area contributed by atoms with E-state index in [0.29, 0.717) is 33.1 Å². The van der Waals surface area contributed by atoms with Crippen LogP contribution in [0.3, 0.4) is 0 Å². The molecule has 0 radical (unpaired) electrons. The molecule has 208 valence electrons. The smallest absolute Gasteiger partial charge is 0.336 e. The molecule has 3 atom stereocenters. The number of hydrogen-bond acceptors (Lipinski definition) is 9. The number of halogens is 1. The third-order valence-electron chi connectivity index (χ3n) is 6.77. The van der Waals surface area contributed by atoms with Crippen molar-refractivity contribution in [1.29, 1.82) is 0 Å². The van der Waals surface area contributed by atoms with Gasteiger partial charge in [-0.05, 0) is 32.4 Å². The topological polar surface area (TPSA) is 118 Å². The van der Waals surface area contributed by atoms with Gasteiger partial charge in [-0.25, -0.2) is 14.5 Å². The van der Waals surface area contributed by atoms with E-state index in [4.69, 9.17) is 25.8 Å². The van der Waals surface area contributed by atoms with Gasteiger partial charge >= 0.3 is 11.9 Å². The molecule has 2 aromatic carbocycles. The number of rotatable bonds is 10. The van der Waals surface area contributed by atoms with Crippen LogP contribution in [-0.4, -0.2) is 60.0 Å². The summed E-state index contributed by atoms with van der Waals surface area (Å²) in [6, 6.07) is 14.2. The molecule has 4 rings (SSSR count). The summed E-state index contributed by atoms with van der Waals surface area (Å²) in [7, 11) is 0. The second kappa shape index (κ2) is 12.8. The normalized spacial score (nSPS) is 21.0. The first kappa shape index (κ1) is 28.8. The van der Waals surface area contributed by atoms with E-state index >= 15 is 0 Å². The van der Waals surface area contributed by atoms with E-state index in [2.05, 4.69) is 5.32 Å². The third kappa shape index (κ3) is 5.88. The quantitative estimate of drug-likeness (QED) is 0.297. The lowest BCUT2D eigenvalue weighted by molar-refractivity contribution is -0.139. The maximum absolute atomic E-state index is 13.3. The Morgan fingerprint density at radius 2 is 1.44 bits per heavy atom. The van der Waals surface area contributed by atoms with Crippen molar-refractivity contribution < 1.29 is 34.0 Å². The van der Waals surface area contributed by atoms with Crippen LogP contribution >= 0.6 is 11.6 Å². The summed E-state index contributed by atoms with van der Waals surface area (Å²) < 4.78 is 16.7. The largest absolute Gasteiger partial charge is 0.463 e. The zero-order valence-electron chi connectivity index (χ0n) is 22.1. The average Bonchev–Trinajstić information content (AvgIpc) is 3.16. The summed E-state index contributed by atoms with van der Waals surface area (Å²) in [6.07, 6.45) is -1.91. The lowest BCUT2D eigenvalue weighted by atomic mass is 9.80. The second-order valence-electron chi connectivity index (χ2n) is 9.12. The number of aliphatic hydroxyl groups excluding tert-OH is 2. The van der Waals surface area contributed by atoms with Gasteiger partial charge < -0.3 is 29.7 Å². The monoisotopic (exact) mass is 556 g/mol. The van der Waals surface area contributed by atoms with Crippen molar-refractivity contribution in [3.63, 3.8) is 0 Å². The fourth-order valence-corrected chi connectivity index (χ4v) is 5.27. The number of ether oxygens (including phenoxy) is 3. The maximum atomic E-state index is 13.3. The third-order valence-corrected chi connectivity index (χ3v) is 7.12. The first-order chi connectivity index (χ1) is 18.8. The van der Waals surface area contributed by atoms with Gasteiger partial charge in [0.05, 0.1) is 49.2 Å². The average molecular weight is 557 g/mol. The van der Waals surface area contributed by atoms with E-state index in [0.717, 1.165) is 0 Å². The summed E-state index contributed by atoms with van der Waals surface area (Å²) in [5.74, 6) is -2.01. The fourth-order valence-electron chi connectivity index (χ4n) is 5.02. The minimum Gasteiger partial charge on any atom is -0.463 e. The highest BCUT2D eigenvalue weighted by Gasteiger charge is 2.40. The van der Waals surface area contributed by atoms with Crippen molar-refractivity contribution in [3.8, 4) is 0 Å². The molecule has 0 bridgehead atoms. The molecular formula is C29H33ClN2O7. The Morgan fingerprint density at radius 3 is 2.00 bits per heavy atom. The van der Waals surface area contributed by atoms with E-state index in [9.17, 15) is 19.8 Å². The number of dihydropyridines is 1.